The van der Waals surface area contributed by atoms with Gasteiger partial charge in [0.2, 0.25) is 0 Å². The highest BCUT2D eigenvalue weighted by Gasteiger charge is 2.18. The molecule has 0 unspecified atom stereocenters. The van der Waals surface area contributed by atoms with Gasteiger partial charge in [-0.2, -0.15) is 0 Å². The molecule has 7 heteroatoms. The minimum absolute atomic E-state index is 0.0448. The number of nitrogens with zero attached hydrogens (tertiary/aromatic N) is 1. The third-order valence-corrected chi connectivity index (χ3v) is 6.20. The van der Waals surface area contributed by atoms with Crippen LogP contribution < -0.4 is 4.74 Å². The number of aryl methyl sites for hydroxylation is 2. The molecule has 0 atom stereocenters. The number of carbonyl (C=O) groups is 1. The Morgan fingerprint density at radius 3 is 2.53 bits per heavy atom. The first-order chi connectivity index (χ1) is 16.3. The predicted molar refractivity (Wildman–Crippen MR) is 133 cm³/mol. The molecule has 0 N–H and O–H groups in total. The molecule has 4 nitrogen and oxygen atoms in total. The fourth-order valence-corrected chi connectivity index (χ4v) is 4.21. The van der Waals surface area contributed by atoms with Crippen LogP contribution in [0.15, 0.2) is 66.7 Å². The fraction of sp³-hybridized carbons (Fsp3) is 0.148. The van der Waals surface area contributed by atoms with Crippen molar-refractivity contribution in [1.82, 2.24) is 4.57 Å². The van der Waals surface area contributed by atoms with Crippen molar-refractivity contribution in [2.24, 2.45) is 0 Å². The Hall–Kier alpha value is -3.28. The van der Waals surface area contributed by atoms with Crippen LogP contribution in [0.4, 0.5) is 4.39 Å². The van der Waals surface area contributed by atoms with Gasteiger partial charge in [-0.3, -0.25) is 0 Å². The molecule has 4 aromatic rings. The number of hydrogen-bond acceptors (Lipinski definition) is 3. The maximum absolute atomic E-state index is 14.3. The molecule has 4 rings (SSSR count). The highest BCUT2D eigenvalue weighted by atomic mass is 35.5. The van der Waals surface area contributed by atoms with E-state index in [1.807, 2.05) is 42.7 Å². The minimum atomic E-state index is -0.433. The Morgan fingerprint density at radius 1 is 1.00 bits per heavy atom. The number of benzene rings is 3. The van der Waals surface area contributed by atoms with Crippen LogP contribution in [-0.2, 0) is 11.3 Å². The fourth-order valence-electron chi connectivity index (χ4n) is 3.82. The van der Waals surface area contributed by atoms with Crippen molar-refractivity contribution < 1.29 is 18.7 Å². The number of ether oxygens (including phenoxy) is 2. The Labute approximate surface area is 207 Å². The summed E-state index contributed by atoms with van der Waals surface area (Å²) in [6.45, 7) is 3.78. The van der Waals surface area contributed by atoms with Crippen LogP contribution in [0.2, 0.25) is 10.0 Å². The van der Waals surface area contributed by atoms with Gasteiger partial charge < -0.3 is 14.0 Å². The number of methoxy groups -OCH3 is 1. The van der Waals surface area contributed by atoms with E-state index in [1.165, 1.54) is 13.2 Å². The van der Waals surface area contributed by atoms with E-state index in [2.05, 4.69) is 0 Å². The minimum Gasteiger partial charge on any atom is -0.488 e. The second kappa shape index (κ2) is 9.92. The molecule has 3 aromatic carbocycles. The number of aromatic nitrogens is 1. The van der Waals surface area contributed by atoms with Gasteiger partial charge in [-0.05, 0) is 74.0 Å². The zero-order valence-electron chi connectivity index (χ0n) is 18.9. The zero-order chi connectivity index (χ0) is 24.4. The molecule has 34 heavy (non-hydrogen) atoms. The summed E-state index contributed by atoms with van der Waals surface area (Å²) in [5.41, 5.74) is 4.82. The first-order valence-corrected chi connectivity index (χ1v) is 11.3. The molecule has 0 saturated heterocycles. The third-order valence-electron chi connectivity index (χ3n) is 5.61. The van der Waals surface area contributed by atoms with Crippen molar-refractivity contribution in [2.75, 3.05) is 7.11 Å². The molecule has 0 radical (unpaired) electrons. The lowest BCUT2D eigenvalue weighted by atomic mass is 10.1. The first-order valence-electron chi connectivity index (χ1n) is 10.5. The SMILES string of the molecule is COC(=O)c1cc(-n2c(C)ccc2-c2cc(Cl)ccc2OCc2c(F)cccc2Cl)ccc1C. The van der Waals surface area contributed by atoms with Gasteiger partial charge in [0.05, 0.1) is 23.4 Å². The molecular formula is C27H22Cl2FNO3. The topological polar surface area (TPSA) is 40.5 Å². The Kier molecular flexibility index (Phi) is 6.96. The van der Waals surface area contributed by atoms with Gasteiger partial charge in [0.1, 0.15) is 18.2 Å². The van der Waals surface area contributed by atoms with Gasteiger partial charge in [0.25, 0.3) is 0 Å². The summed E-state index contributed by atoms with van der Waals surface area (Å²) >= 11 is 12.5. The second-order valence-electron chi connectivity index (χ2n) is 7.82. The van der Waals surface area contributed by atoms with Gasteiger partial charge in [0.15, 0.2) is 0 Å². The lowest BCUT2D eigenvalue weighted by molar-refractivity contribution is 0.0600. The monoisotopic (exact) mass is 497 g/mol. The van der Waals surface area contributed by atoms with Crippen molar-refractivity contribution in [3.8, 4) is 22.7 Å². The van der Waals surface area contributed by atoms with E-state index in [0.717, 1.165) is 22.6 Å². The zero-order valence-corrected chi connectivity index (χ0v) is 20.4. The number of esters is 1. The predicted octanol–water partition coefficient (Wildman–Crippen LogP) is 7.57. The number of rotatable bonds is 6. The van der Waals surface area contributed by atoms with E-state index < -0.39 is 11.8 Å². The van der Waals surface area contributed by atoms with Crippen molar-refractivity contribution in [3.63, 3.8) is 0 Å². The smallest absolute Gasteiger partial charge is 0.338 e. The highest BCUT2D eigenvalue weighted by molar-refractivity contribution is 6.31. The van der Waals surface area contributed by atoms with E-state index in [0.29, 0.717) is 26.9 Å². The molecule has 0 aliphatic heterocycles. The average Bonchev–Trinajstić information content (AvgIpc) is 3.20. The lowest BCUT2D eigenvalue weighted by Gasteiger charge is -2.17. The van der Waals surface area contributed by atoms with Crippen LogP contribution in [0, 0.1) is 19.7 Å². The summed E-state index contributed by atoms with van der Waals surface area (Å²) in [7, 11) is 1.36. The normalized spacial score (nSPS) is 10.9. The molecular weight excluding hydrogens is 476 g/mol. The number of hydrogen-bond donors (Lipinski definition) is 0. The van der Waals surface area contributed by atoms with Gasteiger partial charge in [-0.15, -0.1) is 0 Å². The average molecular weight is 498 g/mol. The van der Waals surface area contributed by atoms with Crippen LogP contribution in [-0.4, -0.2) is 17.6 Å². The number of halogens is 3. The van der Waals surface area contributed by atoms with Crippen molar-refractivity contribution >= 4 is 29.2 Å². The second-order valence-corrected chi connectivity index (χ2v) is 8.66. The Morgan fingerprint density at radius 2 is 1.79 bits per heavy atom. The lowest BCUT2D eigenvalue weighted by Crippen LogP contribution is -2.07. The standard InChI is InChI=1S/C27H22Cl2FNO3/c1-16-7-10-19(14-20(16)27(32)33-3)31-17(2)8-11-25(31)21-13-18(28)9-12-26(21)34-15-22-23(29)5-4-6-24(22)30/h4-14H,15H2,1-3H3. The molecule has 0 saturated carbocycles. The third kappa shape index (κ3) is 4.67. The summed E-state index contributed by atoms with van der Waals surface area (Å²) < 4.78 is 27.2. The molecule has 0 amide bonds. The van der Waals surface area contributed by atoms with Gasteiger partial charge in [-0.1, -0.05) is 35.3 Å². The molecule has 1 aromatic heterocycles. The molecule has 0 aliphatic rings. The Bertz CT molecular complexity index is 1360. The summed E-state index contributed by atoms with van der Waals surface area (Å²) in [6, 6.07) is 19.3. The van der Waals surface area contributed by atoms with E-state index in [9.17, 15) is 9.18 Å². The van der Waals surface area contributed by atoms with Crippen molar-refractivity contribution in [2.45, 2.75) is 20.5 Å². The molecule has 0 bridgehead atoms. The first kappa shape index (κ1) is 23.9. The van der Waals surface area contributed by atoms with Crippen molar-refractivity contribution in [1.29, 1.82) is 0 Å². The van der Waals surface area contributed by atoms with Gasteiger partial charge in [0, 0.05) is 27.5 Å². The van der Waals surface area contributed by atoms with Gasteiger partial charge >= 0.3 is 5.97 Å². The maximum Gasteiger partial charge on any atom is 0.338 e. The van der Waals surface area contributed by atoms with Crippen LogP contribution in [0.1, 0.15) is 27.2 Å². The van der Waals surface area contributed by atoms with Gasteiger partial charge in [-0.25, -0.2) is 9.18 Å². The van der Waals surface area contributed by atoms with E-state index in [1.54, 1.807) is 36.4 Å². The summed E-state index contributed by atoms with van der Waals surface area (Å²) in [5.74, 6) is -0.320. The van der Waals surface area contributed by atoms with E-state index >= 15 is 0 Å². The number of carbonyl (C=O) groups excluding carboxylic acids is 1. The van der Waals surface area contributed by atoms with Crippen molar-refractivity contribution in [3.05, 3.63) is 105 Å². The largest absolute Gasteiger partial charge is 0.488 e. The maximum atomic E-state index is 14.3. The summed E-state index contributed by atoms with van der Waals surface area (Å²) in [6.07, 6.45) is 0. The van der Waals surface area contributed by atoms with Crippen LogP contribution in [0.5, 0.6) is 5.75 Å². The summed E-state index contributed by atoms with van der Waals surface area (Å²) in [5, 5.41) is 0.820. The van der Waals surface area contributed by atoms with E-state index in [-0.39, 0.29) is 12.2 Å². The molecule has 0 aliphatic carbocycles. The molecule has 0 fully saturated rings. The van der Waals surface area contributed by atoms with Crippen LogP contribution >= 0.6 is 23.2 Å². The van der Waals surface area contributed by atoms with Crippen LogP contribution in [0.3, 0.4) is 0 Å². The quantitative estimate of drug-likeness (QED) is 0.258. The van der Waals surface area contributed by atoms with E-state index in [4.69, 9.17) is 32.7 Å². The van der Waals surface area contributed by atoms with Crippen LogP contribution in [0.25, 0.3) is 16.9 Å². The highest BCUT2D eigenvalue weighted by Crippen LogP contribution is 2.36. The molecule has 1 heterocycles. The summed E-state index contributed by atoms with van der Waals surface area (Å²) in [4.78, 5) is 12.3. The Balaban J connectivity index is 1.79. The molecule has 0 spiro atoms. The molecule has 174 valence electrons.